The van der Waals surface area contributed by atoms with E-state index in [1.807, 2.05) is 43.3 Å². The van der Waals surface area contributed by atoms with Gasteiger partial charge in [0.15, 0.2) is 6.04 Å². The maximum absolute atomic E-state index is 13.0. The number of quaternary nitrogens is 1. The van der Waals surface area contributed by atoms with Crippen molar-refractivity contribution in [2.24, 2.45) is 0 Å². The van der Waals surface area contributed by atoms with Crippen LogP contribution in [0.15, 0.2) is 42.5 Å². The highest BCUT2D eigenvalue weighted by Crippen LogP contribution is 2.32. The van der Waals surface area contributed by atoms with Crippen molar-refractivity contribution in [2.45, 2.75) is 31.8 Å². The maximum atomic E-state index is 13.0. The Balaban J connectivity index is 1.79. The topological polar surface area (TPSA) is 61.2 Å². The number of carbonyl (C=O) groups is 1. The van der Waals surface area contributed by atoms with Crippen molar-refractivity contribution in [3.63, 3.8) is 0 Å². The van der Waals surface area contributed by atoms with E-state index in [1.54, 1.807) is 21.3 Å². The summed E-state index contributed by atoms with van der Waals surface area (Å²) in [6.07, 6.45) is 2.09. The molecule has 6 nitrogen and oxygen atoms in total. The quantitative estimate of drug-likeness (QED) is 0.769. The van der Waals surface area contributed by atoms with Gasteiger partial charge in [-0.3, -0.25) is 4.79 Å². The van der Waals surface area contributed by atoms with Gasteiger partial charge in [-0.2, -0.15) is 0 Å². The summed E-state index contributed by atoms with van der Waals surface area (Å²) < 4.78 is 16.3. The highest BCUT2D eigenvalue weighted by molar-refractivity contribution is 5.95. The molecule has 2 aromatic carbocycles. The lowest BCUT2D eigenvalue weighted by Gasteiger charge is -2.28. The lowest BCUT2D eigenvalue weighted by molar-refractivity contribution is -0.932. The minimum absolute atomic E-state index is 0.0149. The fourth-order valence-corrected chi connectivity index (χ4v) is 4.01. The second-order valence-electron chi connectivity index (χ2n) is 7.04. The smallest absolute Gasteiger partial charge is 0.282 e. The van der Waals surface area contributed by atoms with E-state index in [0.717, 1.165) is 36.4 Å². The minimum Gasteiger partial charge on any atom is -0.497 e. The highest BCUT2D eigenvalue weighted by atomic mass is 16.5. The Morgan fingerprint density at radius 2 is 1.82 bits per heavy atom. The molecule has 1 aliphatic rings. The predicted octanol–water partition coefficient (Wildman–Crippen LogP) is 2.46. The average molecular weight is 385 g/mol. The Bertz CT molecular complexity index is 824. The van der Waals surface area contributed by atoms with Gasteiger partial charge < -0.3 is 24.4 Å². The first-order chi connectivity index (χ1) is 13.6. The molecule has 3 rings (SSSR count). The first-order valence-electron chi connectivity index (χ1n) is 9.60. The van der Waals surface area contributed by atoms with E-state index in [9.17, 15) is 4.79 Å². The van der Waals surface area contributed by atoms with E-state index in [4.69, 9.17) is 14.2 Å². The van der Waals surface area contributed by atoms with Crippen LogP contribution in [0.4, 0.5) is 5.69 Å². The van der Waals surface area contributed by atoms with Crippen LogP contribution in [0.2, 0.25) is 0 Å². The molecule has 0 radical (unpaired) electrons. The van der Waals surface area contributed by atoms with Crippen LogP contribution in [0.5, 0.6) is 17.2 Å². The van der Waals surface area contributed by atoms with Gasteiger partial charge in [0.05, 0.1) is 39.1 Å². The van der Waals surface area contributed by atoms with Crippen LogP contribution in [-0.2, 0) is 4.79 Å². The molecule has 0 spiro atoms. The molecule has 1 amide bonds. The summed E-state index contributed by atoms with van der Waals surface area (Å²) in [6, 6.07) is 13.4. The number of likely N-dealkylation sites (tertiary alicyclic amines) is 1. The third kappa shape index (κ3) is 4.07. The fraction of sp³-hybridized carbons (Fsp3) is 0.409. The summed E-state index contributed by atoms with van der Waals surface area (Å²) in [5, 5.41) is 3.02. The fourth-order valence-electron chi connectivity index (χ4n) is 4.01. The Kier molecular flexibility index (Phi) is 6.41. The largest absolute Gasteiger partial charge is 0.497 e. The van der Waals surface area contributed by atoms with Gasteiger partial charge >= 0.3 is 0 Å². The minimum atomic E-state index is -0.204. The molecule has 2 aromatic rings. The number of para-hydroxylation sites is 2. The standard InChI is InChI=1S/C22H28N2O4/c1-15(22(25)23-18-8-5-6-10-20(18)27-3)24-13-7-9-19(24)17-12-11-16(26-2)14-21(17)28-4/h5-6,8,10-12,14-15,19H,7,9,13H2,1-4H3,(H,23,25)/p+1/t15-,19+/m0/s1. The first-order valence-corrected chi connectivity index (χ1v) is 9.60. The predicted molar refractivity (Wildman–Crippen MR) is 108 cm³/mol. The van der Waals surface area contributed by atoms with Crippen molar-refractivity contribution in [1.82, 2.24) is 0 Å². The molecule has 0 aliphatic carbocycles. The third-order valence-corrected chi connectivity index (χ3v) is 5.54. The summed E-state index contributed by atoms with van der Waals surface area (Å²) in [5.74, 6) is 2.22. The second-order valence-corrected chi connectivity index (χ2v) is 7.04. The Morgan fingerprint density at radius 1 is 1.07 bits per heavy atom. The van der Waals surface area contributed by atoms with Crippen molar-refractivity contribution in [2.75, 3.05) is 33.2 Å². The summed E-state index contributed by atoms with van der Waals surface area (Å²) in [6.45, 7) is 2.93. The van der Waals surface area contributed by atoms with E-state index in [0.29, 0.717) is 11.4 Å². The van der Waals surface area contributed by atoms with Crippen molar-refractivity contribution in [3.8, 4) is 17.2 Å². The van der Waals surface area contributed by atoms with E-state index in [-0.39, 0.29) is 18.0 Å². The first kappa shape index (κ1) is 20.0. The molecule has 1 aliphatic heterocycles. The number of ether oxygens (including phenoxy) is 3. The van der Waals surface area contributed by atoms with Crippen LogP contribution in [0.3, 0.4) is 0 Å². The van der Waals surface area contributed by atoms with E-state index in [1.165, 1.54) is 4.90 Å². The van der Waals surface area contributed by atoms with Gasteiger partial charge in [0.2, 0.25) is 0 Å². The number of benzene rings is 2. The number of anilines is 1. The molecule has 3 atom stereocenters. The normalized spacial score (nSPS) is 19.7. The van der Waals surface area contributed by atoms with Gasteiger partial charge in [0.25, 0.3) is 5.91 Å². The SMILES string of the molecule is COc1ccc([C@H]2CCC[NH+]2[C@@H](C)C(=O)Nc2ccccc2OC)c(OC)c1. The molecule has 6 heteroatoms. The van der Waals surface area contributed by atoms with Crippen molar-refractivity contribution < 1.29 is 23.9 Å². The number of amides is 1. The Labute approximate surface area is 166 Å². The molecule has 150 valence electrons. The van der Waals surface area contributed by atoms with Crippen LogP contribution < -0.4 is 24.4 Å². The van der Waals surface area contributed by atoms with Crippen LogP contribution in [0, 0.1) is 0 Å². The number of hydrogen-bond acceptors (Lipinski definition) is 4. The second kappa shape index (κ2) is 8.97. The van der Waals surface area contributed by atoms with Crippen LogP contribution >= 0.6 is 0 Å². The van der Waals surface area contributed by atoms with E-state index in [2.05, 4.69) is 11.4 Å². The number of rotatable bonds is 7. The van der Waals surface area contributed by atoms with E-state index >= 15 is 0 Å². The molecule has 0 aromatic heterocycles. The van der Waals surface area contributed by atoms with Gasteiger partial charge in [0, 0.05) is 18.9 Å². The lowest BCUT2D eigenvalue weighted by Crippen LogP contribution is -3.15. The number of methoxy groups -OCH3 is 3. The van der Waals surface area contributed by atoms with Crippen LogP contribution in [0.25, 0.3) is 0 Å². The van der Waals surface area contributed by atoms with Crippen molar-refractivity contribution >= 4 is 11.6 Å². The lowest BCUT2D eigenvalue weighted by atomic mass is 10.0. The molecule has 1 unspecified atom stereocenters. The summed E-state index contributed by atoms with van der Waals surface area (Å²) >= 11 is 0. The number of hydrogen-bond donors (Lipinski definition) is 2. The molecule has 28 heavy (non-hydrogen) atoms. The van der Waals surface area contributed by atoms with Gasteiger partial charge in [-0.05, 0) is 31.2 Å². The Morgan fingerprint density at radius 3 is 2.54 bits per heavy atom. The molecule has 2 N–H and O–H groups in total. The van der Waals surface area contributed by atoms with Crippen molar-refractivity contribution in [3.05, 3.63) is 48.0 Å². The molecule has 1 fully saturated rings. The molecular formula is C22H29N2O4+. The highest BCUT2D eigenvalue weighted by Gasteiger charge is 2.38. The van der Waals surface area contributed by atoms with Crippen molar-refractivity contribution in [1.29, 1.82) is 0 Å². The number of carbonyl (C=O) groups excluding carboxylic acids is 1. The summed E-state index contributed by atoms with van der Waals surface area (Å²) in [7, 11) is 4.92. The zero-order valence-corrected chi connectivity index (χ0v) is 17.0. The van der Waals surface area contributed by atoms with Crippen LogP contribution in [0.1, 0.15) is 31.4 Å². The van der Waals surface area contributed by atoms with Gasteiger partial charge in [-0.15, -0.1) is 0 Å². The van der Waals surface area contributed by atoms with Crippen LogP contribution in [-0.4, -0.2) is 39.8 Å². The van der Waals surface area contributed by atoms with Gasteiger partial charge in [-0.1, -0.05) is 12.1 Å². The monoisotopic (exact) mass is 385 g/mol. The average Bonchev–Trinajstić information content (AvgIpc) is 3.22. The summed E-state index contributed by atoms with van der Waals surface area (Å²) in [4.78, 5) is 14.2. The molecule has 0 bridgehead atoms. The molecule has 0 saturated carbocycles. The third-order valence-electron chi connectivity index (χ3n) is 5.54. The van der Waals surface area contributed by atoms with Gasteiger partial charge in [-0.25, -0.2) is 0 Å². The molecule has 1 saturated heterocycles. The zero-order chi connectivity index (χ0) is 20.1. The van der Waals surface area contributed by atoms with Gasteiger partial charge in [0.1, 0.15) is 23.3 Å². The molecular weight excluding hydrogens is 356 g/mol. The Hall–Kier alpha value is -2.73. The van der Waals surface area contributed by atoms with E-state index < -0.39 is 0 Å². The maximum Gasteiger partial charge on any atom is 0.282 e. The zero-order valence-electron chi connectivity index (χ0n) is 17.0. The molecule has 1 heterocycles. The number of nitrogens with one attached hydrogen (secondary N) is 2. The summed E-state index contributed by atoms with van der Waals surface area (Å²) in [5.41, 5.74) is 1.81.